The lowest BCUT2D eigenvalue weighted by atomic mass is 10.1. The van der Waals surface area contributed by atoms with Gasteiger partial charge in [0.1, 0.15) is 5.82 Å². The molecule has 31 heavy (non-hydrogen) atoms. The third kappa shape index (κ3) is 6.87. The van der Waals surface area contributed by atoms with E-state index in [1.807, 2.05) is 44.2 Å². The summed E-state index contributed by atoms with van der Waals surface area (Å²) in [7, 11) is 0. The minimum Gasteiger partial charge on any atom is -0.350 e. The maximum Gasteiger partial charge on any atom is 0.241 e. The fourth-order valence-electron chi connectivity index (χ4n) is 3.75. The van der Waals surface area contributed by atoms with Crippen molar-refractivity contribution in [2.45, 2.75) is 32.4 Å². The highest BCUT2D eigenvalue weighted by Gasteiger charge is 2.26. The predicted molar refractivity (Wildman–Crippen MR) is 120 cm³/mol. The molecule has 0 spiro atoms. The van der Waals surface area contributed by atoms with Crippen molar-refractivity contribution >= 4 is 17.5 Å². The van der Waals surface area contributed by atoms with E-state index < -0.39 is 0 Å². The lowest BCUT2D eigenvalue weighted by Crippen LogP contribution is -2.53. The Morgan fingerprint density at radius 2 is 1.71 bits per heavy atom. The Morgan fingerprint density at radius 3 is 2.39 bits per heavy atom. The third-order valence-corrected chi connectivity index (χ3v) is 5.76. The second-order valence-electron chi connectivity index (χ2n) is 8.00. The van der Waals surface area contributed by atoms with Gasteiger partial charge in [-0.3, -0.25) is 14.5 Å². The first-order valence-electron chi connectivity index (χ1n) is 10.8. The molecule has 2 N–H and O–H groups in total. The van der Waals surface area contributed by atoms with Gasteiger partial charge in [0.25, 0.3) is 0 Å². The molecule has 0 bridgehead atoms. The number of halogens is 1. The van der Waals surface area contributed by atoms with Crippen LogP contribution in [0.15, 0.2) is 54.6 Å². The van der Waals surface area contributed by atoms with E-state index in [0.717, 1.165) is 31.7 Å². The van der Waals surface area contributed by atoms with Gasteiger partial charge in [0.15, 0.2) is 0 Å². The molecular weight excluding hydrogens is 395 g/mol. The van der Waals surface area contributed by atoms with Gasteiger partial charge in [-0.1, -0.05) is 36.4 Å². The minimum atomic E-state index is -0.374. The van der Waals surface area contributed by atoms with Crippen molar-refractivity contribution in [2.24, 2.45) is 0 Å². The molecule has 2 amide bonds. The van der Waals surface area contributed by atoms with Crippen LogP contribution < -0.4 is 10.6 Å². The monoisotopic (exact) mass is 426 g/mol. The number of benzene rings is 2. The van der Waals surface area contributed by atoms with E-state index in [9.17, 15) is 14.0 Å². The van der Waals surface area contributed by atoms with Gasteiger partial charge in [-0.05, 0) is 37.6 Å². The molecule has 7 heteroatoms. The van der Waals surface area contributed by atoms with Crippen molar-refractivity contribution in [3.63, 3.8) is 0 Å². The summed E-state index contributed by atoms with van der Waals surface area (Å²) >= 11 is 0. The number of amides is 2. The second-order valence-corrected chi connectivity index (χ2v) is 8.00. The molecule has 2 atom stereocenters. The smallest absolute Gasteiger partial charge is 0.241 e. The molecule has 1 fully saturated rings. The summed E-state index contributed by atoms with van der Waals surface area (Å²) in [5.74, 6) is -0.476. The number of carbonyl (C=O) groups excluding carboxylic acids is 2. The first-order chi connectivity index (χ1) is 14.9. The van der Waals surface area contributed by atoms with E-state index in [1.54, 1.807) is 12.1 Å². The molecule has 2 aromatic carbocycles. The average Bonchev–Trinajstić information content (AvgIpc) is 2.78. The number of rotatable bonds is 8. The summed E-state index contributed by atoms with van der Waals surface area (Å²) in [6.07, 6.45) is 0.451. The van der Waals surface area contributed by atoms with Crippen molar-refractivity contribution in [2.75, 3.05) is 38.0 Å². The first-order valence-corrected chi connectivity index (χ1v) is 10.8. The van der Waals surface area contributed by atoms with Gasteiger partial charge in [0, 0.05) is 44.8 Å². The molecule has 0 radical (unpaired) electrons. The molecule has 1 saturated heterocycles. The Hall–Kier alpha value is -2.77. The lowest BCUT2D eigenvalue weighted by Gasteiger charge is -2.37. The summed E-state index contributed by atoms with van der Waals surface area (Å²) in [6, 6.07) is 15.5. The zero-order chi connectivity index (χ0) is 22.2. The topological polar surface area (TPSA) is 64.7 Å². The standard InChI is InChI=1S/C24H31FN4O2/c1-18(20-7-4-3-5-8-20)26-23(30)11-12-28-13-15-29(16-14-28)19(2)24(31)27-22-10-6-9-21(25)17-22/h3-10,17-19H,11-16H2,1-2H3,(H,26,30)(H,27,31). The number of anilines is 1. The van der Waals surface area contributed by atoms with Crippen LogP contribution in [0.25, 0.3) is 0 Å². The average molecular weight is 427 g/mol. The number of hydrogen-bond acceptors (Lipinski definition) is 4. The molecule has 0 saturated carbocycles. The highest BCUT2D eigenvalue weighted by Crippen LogP contribution is 2.14. The van der Waals surface area contributed by atoms with Crippen LogP contribution >= 0.6 is 0 Å². The van der Waals surface area contributed by atoms with Crippen LogP contribution in [0.2, 0.25) is 0 Å². The van der Waals surface area contributed by atoms with E-state index in [1.165, 1.54) is 12.1 Å². The number of nitrogens with zero attached hydrogens (tertiary/aromatic N) is 2. The highest BCUT2D eigenvalue weighted by atomic mass is 19.1. The first kappa shape index (κ1) is 22.9. The van der Waals surface area contributed by atoms with Crippen LogP contribution in [0.1, 0.15) is 31.9 Å². The number of hydrogen-bond donors (Lipinski definition) is 2. The van der Waals surface area contributed by atoms with Gasteiger partial charge in [-0.2, -0.15) is 0 Å². The maximum atomic E-state index is 13.3. The minimum absolute atomic E-state index is 0.0111. The molecule has 6 nitrogen and oxygen atoms in total. The zero-order valence-corrected chi connectivity index (χ0v) is 18.2. The summed E-state index contributed by atoms with van der Waals surface area (Å²) in [5, 5.41) is 5.82. The van der Waals surface area contributed by atoms with E-state index in [4.69, 9.17) is 0 Å². The Morgan fingerprint density at radius 1 is 1.00 bits per heavy atom. The summed E-state index contributed by atoms with van der Waals surface area (Å²) < 4.78 is 13.3. The van der Waals surface area contributed by atoms with Crippen molar-refractivity contribution in [3.05, 3.63) is 66.0 Å². The molecule has 3 rings (SSSR count). The predicted octanol–water partition coefficient (Wildman–Crippen LogP) is 3.04. The van der Waals surface area contributed by atoms with Gasteiger partial charge in [0.2, 0.25) is 11.8 Å². The van der Waals surface area contributed by atoms with Crippen LogP contribution in [0.5, 0.6) is 0 Å². The van der Waals surface area contributed by atoms with E-state index in [0.29, 0.717) is 18.7 Å². The number of piperazine rings is 1. The Bertz CT molecular complexity index is 869. The second kappa shape index (κ2) is 11.0. The van der Waals surface area contributed by atoms with Crippen LogP contribution in [-0.4, -0.2) is 60.4 Å². The largest absolute Gasteiger partial charge is 0.350 e. The normalized spacial score (nSPS) is 17.0. The lowest BCUT2D eigenvalue weighted by molar-refractivity contribution is -0.122. The van der Waals surface area contributed by atoms with Crippen LogP contribution in [0.4, 0.5) is 10.1 Å². The SMILES string of the molecule is CC(NC(=O)CCN1CCN(C(C)C(=O)Nc2cccc(F)c2)CC1)c1ccccc1. The Kier molecular flexibility index (Phi) is 8.14. The highest BCUT2D eigenvalue weighted by molar-refractivity contribution is 5.94. The van der Waals surface area contributed by atoms with Crippen molar-refractivity contribution in [1.82, 2.24) is 15.1 Å². The Labute approximate surface area is 183 Å². The zero-order valence-electron chi connectivity index (χ0n) is 18.2. The van der Waals surface area contributed by atoms with E-state index in [-0.39, 0.29) is 29.7 Å². The van der Waals surface area contributed by atoms with E-state index in [2.05, 4.69) is 20.4 Å². The number of nitrogens with one attached hydrogen (secondary N) is 2. The van der Waals surface area contributed by atoms with Crippen molar-refractivity contribution < 1.29 is 14.0 Å². The molecule has 1 aliphatic heterocycles. The fraction of sp³-hybridized carbons (Fsp3) is 0.417. The summed E-state index contributed by atoms with van der Waals surface area (Å²) in [4.78, 5) is 29.2. The van der Waals surface area contributed by atoms with Gasteiger partial charge in [-0.25, -0.2) is 4.39 Å². The number of carbonyl (C=O) groups is 2. The molecule has 1 heterocycles. The maximum absolute atomic E-state index is 13.3. The van der Waals surface area contributed by atoms with Gasteiger partial charge >= 0.3 is 0 Å². The van der Waals surface area contributed by atoms with Crippen molar-refractivity contribution in [3.8, 4) is 0 Å². The fourth-order valence-corrected chi connectivity index (χ4v) is 3.75. The third-order valence-electron chi connectivity index (χ3n) is 5.76. The van der Waals surface area contributed by atoms with Crippen molar-refractivity contribution in [1.29, 1.82) is 0 Å². The van der Waals surface area contributed by atoms with Crippen LogP contribution in [0.3, 0.4) is 0 Å². The Balaban J connectivity index is 1.38. The molecule has 0 aliphatic carbocycles. The molecule has 0 aromatic heterocycles. The molecule has 1 aliphatic rings. The molecule has 2 unspecified atom stereocenters. The van der Waals surface area contributed by atoms with Crippen LogP contribution in [-0.2, 0) is 9.59 Å². The van der Waals surface area contributed by atoms with Crippen LogP contribution in [0, 0.1) is 5.82 Å². The summed E-state index contributed by atoms with van der Waals surface area (Å²) in [5.41, 5.74) is 1.56. The molecule has 2 aromatic rings. The summed E-state index contributed by atoms with van der Waals surface area (Å²) in [6.45, 7) is 7.66. The molecular formula is C24H31FN4O2. The van der Waals surface area contributed by atoms with Gasteiger partial charge < -0.3 is 15.5 Å². The van der Waals surface area contributed by atoms with E-state index >= 15 is 0 Å². The quantitative estimate of drug-likeness (QED) is 0.681. The molecule has 166 valence electrons. The van der Waals surface area contributed by atoms with Gasteiger partial charge in [-0.15, -0.1) is 0 Å². The van der Waals surface area contributed by atoms with Gasteiger partial charge in [0.05, 0.1) is 12.1 Å².